The minimum Gasteiger partial charge on any atom is -0.467 e. The minimum absolute atomic E-state index is 0.141. The summed E-state index contributed by atoms with van der Waals surface area (Å²) in [7, 11) is 0. The Bertz CT molecular complexity index is 1090. The van der Waals surface area contributed by atoms with Crippen molar-refractivity contribution in [1.29, 1.82) is 0 Å². The van der Waals surface area contributed by atoms with Gasteiger partial charge in [-0.25, -0.2) is 4.98 Å². The quantitative estimate of drug-likeness (QED) is 0.476. The van der Waals surface area contributed by atoms with Gasteiger partial charge in [0.2, 0.25) is 0 Å². The maximum Gasteiger partial charge on any atom is 0.252 e. The SMILES string of the molecule is CCc1ccc(Sc2cc(C(=O)NCc3ccco3)c3ccccc3n2)cc1. The Hall–Kier alpha value is -3.05. The van der Waals surface area contributed by atoms with E-state index in [1.807, 2.05) is 42.5 Å². The third kappa shape index (κ3) is 4.10. The van der Waals surface area contributed by atoms with Gasteiger partial charge in [-0.2, -0.15) is 0 Å². The zero-order valence-electron chi connectivity index (χ0n) is 15.5. The molecule has 0 spiro atoms. The van der Waals surface area contributed by atoms with Crippen LogP contribution in [0.2, 0.25) is 0 Å². The lowest BCUT2D eigenvalue weighted by Gasteiger charge is -2.10. The fourth-order valence-corrected chi connectivity index (χ4v) is 3.82. The van der Waals surface area contributed by atoms with Crippen LogP contribution in [0.5, 0.6) is 0 Å². The Morgan fingerprint density at radius 3 is 2.64 bits per heavy atom. The number of carbonyl (C=O) groups is 1. The number of furan rings is 1. The smallest absolute Gasteiger partial charge is 0.252 e. The van der Waals surface area contributed by atoms with E-state index in [0.717, 1.165) is 33.0 Å². The van der Waals surface area contributed by atoms with E-state index in [0.29, 0.717) is 12.1 Å². The van der Waals surface area contributed by atoms with Gasteiger partial charge in [-0.05, 0) is 48.4 Å². The number of hydrogen-bond donors (Lipinski definition) is 1. The number of amides is 1. The second kappa shape index (κ2) is 8.31. The Kier molecular flexibility index (Phi) is 5.44. The summed E-state index contributed by atoms with van der Waals surface area (Å²) < 4.78 is 5.30. The molecule has 0 bridgehead atoms. The summed E-state index contributed by atoms with van der Waals surface area (Å²) in [6.07, 6.45) is 2.61. The summed E-state index contributed by atoms with van der Waals surface area (Å²) in [5, 5.41) is 4.57. The van der Waals surface area contributed by atoms with Crippen LogP contribution >= 0.6 is 11.8 Å². The first-order chi connectivity index (χ1) is 13.7. The monoisotopic (exact) mass is 388 g/mol. The lowest BCUT2D eigenvalue weighted by Crippen LogP contribution is -2.23. The molecular weight excluding hydrogens is 368 g/mol. The van der Waals surface area contributed by atoms with E-state index >= 15 is 0 Å². The molecule has 0 fully saturated rings. The molecule has 0 aliphatic rings. The number of benzene rings is 2. The molecule has 1 amide bonds. The van der Waals surface area contributed by atoms with Gasteiger partial charge < -0.3 is 9.73 Å². The average Bonchev–Trinajstić information content (AvgIpc) is 3.26. The van der Waals surface area contributed by atoms with Gasteiger partial charge in [0.25, 0.3) is 5.91 Å². The van der Waals surface area contributed by atoms with E-state index in [4.69, 9.17) is 9.40 Å². The van der Waals surface area contributed by atoms with Crippen LogP contribution in [0.3, 0.4) is 0 Å². The Morgan fingerprint density at radius 2 is 1.89 bits per heavy atom. The number of fused-ring (bicyclic) bond motifs is 1. The number of aryl methyl sites for hydroxylation is 1. The van der Waals surface area contributed by atoms with Crippen molar-refractivity contribution >= 4 is 28.6 Å². The summed E-state index contributed by atoms with van der Waals surface area (Å²) >= 11 is 1.56. The second-order valence-corrected chi connectivity index (χ2v) is 7.48. The van der Waals surface area contributed by atoms with E-state index in [1.165, 1.54) is 5.56 Å². The van der Waals surface area contributed by atoms with E-state index in [-0.39, 0.29) is 5.91 Å². The molecule has 0 saturated carbocycles. The van der Waals surface area contributed by atoms with Gasteiger partial charge in [0, 0.05) is 10.3 Å². The standard InChI is InChI=1S/C23H20N2O2S/c1-2-16-9-11-18(12-10-16)28-22-14-20(19-7-3-4-8-21(19)25-22)23(26)24-15-17-6-5-13-27-17/h3-14H,2,15H2,1H3,(H,24,26). The number of carbonyl (C=O) groups excluding carboxylic acids is 1. The molecule has 28 heavy (non-hydrogen) atoms. The van der Waals surface area contributed by atoms with Crippen molar-refractivity contribution < 1.29 is 9.21 Å². The number of pyridine rings is 1. The number of para-hydroxylation sites is 1. The predicted octanol–water partition coefficient (Wildman–Crippen LogP) is 5.47. The first-order valence-corrected chi connectivity index (χ1v) is 10.0. The molecular formula is C23H20N2O2S. The zero-order valence-corrected chi connectivity index (χ0v) is 16.3. The molecule has 0 aliphatic heterocycles. The zero-order chi connectivity index (χ0) is 19.3. The van der Waals surface area contributed by atoms with Gasteiger partial charge in [0.05, 0.1) is 23.9 Å². The fourth-order valence-electron chi connectivity index (χ4n) is 2.98. The van der Waals surface area contributed by atoms with Gasteiger partial charge >= 0.3 is 0 Å². The van der Waals surface area contributed by atoms with Crippen molar-refractivity contribution in [2.45, 2.75) is 29.8 Å². The first-order valence-electron chi connectivity index (χ1n) is 9.20. The van der Waals surface area contributed by atoms with Crippen LogP contribution in [0.1, 0.15) is 28.6 Å². The van der Waals surface area contributed by atoms with Gasteiger partial charge in [-0.15, -0.1) is 0 Å². The van der Waals surface area contributed by atoms with Crippen molar-refractivity contribution in [2.75, 3.05) is 0 Å². The van der Waals surface area contributed by atoms with E-state index in [9.17, 15) is 4.79 Å². The van der Waals surface area contributed by atoms with E-state index in [1.54, 1.807) is 18.0 Å². The highest BCUT2D eigenvalue weighted by Crippen LogP contribution is 2.30. The molecule has 0 saturated heterocycles. The molecule has 2 aromatic carbocycles. The maximum atomic E-state index is 12.9. The number of aromatic nitrogens is 1. The molecule has 2 heterocycles. The molecule has 4 rings (SSSR count). The second-order valence-electron chi connectivity index (χ2n) is 6.39. The normalized spacial score (nSPS) is 10.9. The number of hydrogen-bond acceptors (Lipinski definition) is 4. The topological polar surface area (TPSA) is 55.1 Å². The summed E-state index contributed by atoms with van der Waals surface area (Å²) in [5.41, 5.74) is 2.72. The van der Waals surface area contributed by atoms with Crippen LogP contribution in [-0.2, 0) is 13.0 Å². The van der Waals surface area contributed by atoms with Crippen molar-refractivity contribution in [3.63, 3.8) is 0 Å². The molecule has 2 aromatic heterocycles. The van der Waals surface area contributed by atoms with Crippen molar-refractivity contribution in [1.82, 2.24) is 10.3 Å². The van der Waals surface area contributed by atoms with E-state index < -0.39 is 0 Å². The average molecular weight is 388 g/mol. The summed E-state index contributed by atoms with van der Waals surface area (Å²) in [6.45, 7) is 2.49. The Balaban J connectivity index is 1.63. The third-order valence-corrected chi connectivity index (χ3v) is 5.42. The maximum absolute atomic E-state index is 12.9. The fraction of sp³-hybridized carbons (Fsp3) is 0.130. The summed E-state index contributed by atoms with van der Waals surface area (Å²) in [6, 6.07) is 21.7. The van der Waals surface area contributed by atoms with E-state index in [2.05, 4.69) is 36.5 Å². The molecule has 0 aliphatic carbocycles. The van der Waals surface area contributed by atoms with Crippen LogP contribution in [0.25, 0.3) is 10.9 Å². The molecule has 140 valence electrons. The largest absolute Gasteiger partial charge is 0.467 e. The van der Waals surface area contributed by atoms with Crippen LogP contribution in [0.4, 0.5) is 0 Å². The highest BCUT2D eigenvalue weighted by molar-refractivity contribution is 7.99. The molecule has 5 heteroatoms. The van der Waals surface area contributed by atoms with Gasteiger partial charge in [0.15, 0.2) is 0 Å². The predicted molar refractivity (Wildman–Crippen MR) is 112 cm³/mol. The molecule has 4 nitrogen and oxygen atoms in total. The summed E-state index contributed by atoms with van der Waals surface area (Å²) in [4.78, 5) is 18.7. The van der Waals surface area contributed by atoms with Crippen molar-refractivity contribution in [3.8, 4) is 0 Å². The third-order valence-electron chi connectivity index (χ3n) is 4.49. The van der Waals surface area contributed by atoms with Crippen molar-refractivity contribution in [3.05, 3.63) is 89.9 Å². The highest BCUT2D eigenvalue weighted by Gasteiger charge is 2.14. The van der Waals surface area contributed by atoms with Crippen molar-refractivity contribution in [2.24, 2.45) is 0 Å². The Morgan fingerprint density at radius 1 is 1.07 bits per heavy atom. The van der Waals surface area contributed by atoms with Crippen LogP contribution in [0.15, 0.2) is 87.3 Å². The molecule has 0 atom stereocenters. The molecule has 1 N–H and O–H groups in total. The van der Waals surface area contributed by atoms with Crippen LogP contribution in [0, 0.1) is 0 Å². The van der Waals surface area contributed by atoms with Crippen LogP contribution in [-0.4, -0.2) is 10.9 Å². The molecule has 0 radical (unpaired) electrons. The minimum atomic E-state index is -0.141. The molecule has 4 aromatic rings. The highest BCUT2D eigenvalue weighted by atomic mass is 32.2. The number of nitrogens with one attached hydrogen (secondary N) is 1. The number of rotatable bonds is 6. The number of nitrogens with zero attached hydrogens (tertiary/aromatic N) is 1. The lowest BCUT2D eigenvalue weighted by molar-refractivity contribution is 0.0949. The lowest BCUT2D eigenvalue weighted by atomic mass is 10.1. The van der Waals surface area contributed by atoms with Gasteiger partial charge in [-0.3, -0.25) is 4.79 Å². The first kappa shape index (κ1) is 18.3. The summed E-state index contributed by atoms with van der Waals surface area (Å²) in [5.74, 6) is 0.579. The van der Waals surface area contributed by atoms with Gasteiger partial charge in [0.1, 0.15) is 10.8 Å². The molecule has 0 unspecified atom stereocenters. The van der Waals surface area contributed by atoms with Gasteiger partial charge in [-0.1, -0.05) is 49.0 Å². The van der Waals surface area contributed by atoms with Crippen LogP contribution < -0.4 is 5.32 Å². The Labute approximate surface area is 168 Å².